The summed E-state index contributed by atoms with van der Waals surface area (Å²) < 4.78 is 2.46. The van der Waals surface area contributed by atoms with Crippen LogP contribution in [0, 0.1) is 0 Å². The van der Waals surface area contributed by atoms with Crippen LogP contribution in [0.5, 0.6) is 0 Å². The number of amides is 1. The van der Waals surface area contributed by atoms with Crippen molar-refractivity contribution in [2.45, 2.75) is 6.92 Å². The number of halogens is 1. The second kappa shape index (κ2) is 6.32. The molecular weight excluding hydrogens is 442 g/mol. The number of aromatic nitrogens is 4. The van der Waals surface area contributed by atoms with Crippen LogP contribution in [-0.2, 0) is 4.79 Å². The average molecular weight is 454 g/mol. The van der Waals surface area contributed by atoms with Crippen molar-refractivity contribution in [2.24, 2.45) is 0 Å². The summed E-state index contributed by atoms with van der Waals surface area (Å²) >= 11 is 4.63. The lowest BCUT2D eigenvalue weighted by Gasteiger charge is -2.13. The highest BCUT2D eigenvalue weighted by molar-refractivity contribution is 9.10. The third-order valence-electron chi connectivity index (χ3n) is 4.60. The lowest BCUT2D eigenvalue weighted by atomic mass is 10.1. The molecule has 0 saturated carbocycles. The number of hydrogen-bond donors (Lipinski definition) is 0. The minimum Gasteiger partial charge on any atom is -0.308 e. The predicted octanol–water partition coefficient (Wildman–Crippen LogP) is 2.26. The topological polar surface area (TPSA) is 80.5 Å². The number of anilines is 1. The number of carbonyl (C=O) groups is 1. The number of nitrogens with zero attached hydrogens (tertiary/aromatic N) is 5. The largest absolute Gasteiger partial charge is 0.308 e. The van der Waals surface area contributed by atoms with Gasteiger partial charge in [-0.1, -0.05) is 27.3 Å². The van der Waals surface area contributed by atoms with Crippen LogP contribution in [0.1, 0.15) is 12.5 Å². The summed E-state index contributed by atoms with van der Waals surface area (Å²) in [7, 11) is 0. The molecule has 0 aliphatic carbocycles. The van der Waals surface area contributed by atoms with E-state index in [1.54, 1.807) is 23.4 Å². The SMILES string of the molecule is CCN1C(=O)C(=c2sc3nc(-c4cccnc4)nn3c2=O)c2cc(Br)ccc21. The lowest BCUT2D eigenvalue weighted by Crippen LogP contribution is -2.32. The Balaban J connectivity index is 1.78. The van der Waals surface area contributed by atoms with Crippen molar-refractivity contribution >= 4 is 49.4 Å². The van der Waals surface area contributed by atoms with E-state index >= 15 is 0 Å². The number of hydrogen-bond acceptors (Lipinski definition) is 6. The maximum absolute atomic E-state index is 13.0. The van der Waals surface area contributed by atoms with Crippen molar-refractivity contribution in [1.29, 1.82) is 0 Å². The molecule has 0 N–H and O–H groups in total. The molecule has 1 aliphatic rings. The summed E-state index contributed by atoms with van der Waals surface area (Å²) in [5.74, 6) is 0.258. The van der Waals surface area contributed by atoms with Crippen LogP contribution in [0.2, 0.25) is 0 Å². The molecule has 4 aromatic rings. The van der Waals surface area contributed by atoms with E-state index < -0.39 is 0 Å². The molecule has 28 heavy (non-hydrogen) atoms. The molecule has 138 valence electrons. The van der Waals surface area contributed by atoms with Crippen molar-refractivity contribution in [3.05, 3.63) is 67.6 Å². The van der Waals surface area contributed by atoms with E-state index in [1.165, 1.54) is 15.9 Å². The summed E-state index contributed by atoms with van der Waals surface area (Å²) in [5.41, 5.74) is 2.35. The van der Waals surface area contributed by atoms with Gasteiger partial charge < -0.3 is 4.90 Å². The normalized spacial score (nSPS) is 15.5. The number of likely N-dealkylation sites (N-methyl/N-ethyl adjacent to an activating group) is 1. The molecule has 7 nitrogen and oxygen atoms in total. The second-order valence-corrected chi connectivity index (χ2v) is 8.09. The number of benzene rings is 1. The van der Waals surface area contributed by atoms with Crippen LogP contribution in [0.25, 0.3) is 21.9 Å². The van der Waals surface area contributed by atoms with E-state index in [0.29, 0.717) is 27.4 Å². The zero-order valence-corrected chi connectivity index (χ0v) is 17.0. The first kappa shape index (κ1) is 17.2. The minimum absolute atomic E-state index is 0.176. The van der Waals surface area contributed by atoms with Crippen molar-refractivity contribution in [2.75, 3.05) is 11.4 Å². The minimum atomic E-state index is -0.338. The molecule has 0 unspecified atom stereocenters. The molecule has 0 radical (unpaired) electrons. The highest BCUT2D eigenvalue weighted by atomic mass is 79.9. The monoisotopic (exact) mass is 453 g/mol. The van der Waals surface area contributed by atoms with E-state index in [9.17, 15) is 9.59 Å². The molecule has 1 aromatic carbocycles. The molecule has 0 spiro atoms. The first-order valence-electron chi connectivity index (χ1n) is 8.54. The Morgan fingerprint density at radius 2 is 2.07 bits per heavy atom. The molecule has 5 rings (SSSR count). The molecule has 1 amide bonds. The van der Waals surface area contributed by atoms with Crippen LogP contribution in [-0.4, -0.2) is 32.0 Å². The lowest BCUT2D eigenvalue weighted by molar-refractivity contribution is -0.113. The fourth-order valence-corrected chi connectivity index (χ4v) is 4.70. The van der Waals surface area contributed by atoms with Gasteiger partial charge in [-0.05, 0) is 37.3 Å². The van der Waals surface area contributed by atoms with Crippen LogP contribution < -0.4 is 15.0 Å². The third-order valence-corrected chi connectivity index (χ3v) is 6.12. The zero-order valence-electron chi connectivity index (χ0n) is 14.6. The molecule has 0 bridgehead atoms. The van der Waals surface area contributed by atoms with Crippen molar-refractivity contribution in [3.8, 4) is 11.4 Å². The van der Waals surface area contributed by atoms with Gasteiger partial charge in [-0.3, -0.25) is 14.6 Å². The van der Waals surface area contributed by atoms with Gasteiger partial charge in [-0.2, -0.15) is 9.50 Å². The smallest absolute Gasteiger partial charge is 0.291 e. The van der Waals surface area contributed by atoms with Gasteiger partial charge in [-0.15, -0.1) is 5.10 Å². The zero-order chi connectivity index (χ0) is 19.4. The summed E-state index contributed by atoms with van der Waals surface area (Å²) in [6.45, 7) is 2.44. The van der Waals surface area contributed by atoms with Crippen LogP contribution in [0.3, 0.4) is 0 Å². The van der Waals surface area contributed by atoms with Gasteiger partial charge in [0.05, 0.1) is 11.3 Å². The van der Waals surface area contributed by atoms with E-state index in [1.807, 2.05) is 31.2 Å². The van der Waals surface area contributed by atoms with Crippen LogP contribution >= 0.6 is 27.3 Å². The summed E-state index contributed by atoms with van der Waals surface area (Å²) in [5, 5.41) is 4.33. The van der Waals surface area contributed by atoms with Crippen molar-refractivity contribution in [3.63, 3.8) is 0 Å². The number of fused-ring (bicyclic) bond motifs is 2. The predicted molar refractivity (Wildman–Crippen MR) is 110 cm³/mol. The molecule has 0 atom stereocenters. The van der Waals surface area contributed by atoms with E-state index in [-0.39, 0.29) is 11.5 Å². The van der Waals surface area contributed by atoms with Crippen LogP contribution in [0.4, 0.5) is 5.69 Å². The maximum atomic E-state index is 13.0. The quantitative estimate of drug-likeness (QED) is 0.464. The van der Waals surface area contributed by atoms with Gasteiger partial charge in [-0.25, -0.2) is 0 Å². The molecule has 9 heteroatoms. The number of carbonyl (C=O) groups excluding carboxylic acids is 1. The number of thiazole rings is 1. The number of pyridine rings is 1. The molecule has 3 aromatic heterocycles. The Labute approximate surface area is 171 Å². The Morgan fingerprint density at radius 3 is 2.79 bits per heavy atom. The Bertz CT molecular complexity index is 1360. The molecule has 4 heterocycles. The standard InChI is InChI=1S/C19H12BrN5O2S/c1-2-24-13-6-5-11(20)8-12(13)14(17(24)26)15-18(27)25-19(28-15)22-16(23-25)10-4-3-7-21-9-10/h3-9H,2H2,1H3. The van der Waals surface area contributed by atoms with Gasteiger partial charge in [0.25, 0.3) is 11.5 Å². The molecule has 0 fully saturated rings. The first-order chi connectivity index (χ1) is 13.6. The van der Waals surface area contributed by atoms with Gasteiger partial charge in [0.2, 0.25) is 4.96 Å². The Morgan fingerprint density at radius 1 is 1.21 bits per heavy atom. The van der Waals surface area contributed by atoms with E-state index in [4.69, 9.17) is 0 Å². The van der Waals surface area contributed by atoms with Crippen LogP contribution in [0.15, 0.2) is 52.0 Å². The molecule has 0 saturated heterocycles. The maximum Gasteiger partial charge on any atom is 0.291 e. The molecular formula is C19H12BrN5O2S. The Hall–Kier alpha value is -2.91. The van der Waals surface area contributed by atoms with Gasteiger partial charge >= 0.3 is 0 Å². The third kappa shape index (κ3) is 2.43. The van der Waals surface area contributed by atoms with Gasteiger partial charge in [0.1, 0.15) is 4.53 Å². The van der Waals surface area contributed by atoms with Crippen molar-refractivity contribution in [1.82, 2.24) is 19.6 Å². The molecule has 1 aliphatic heterocycles. The summed E-state index contributed by atoms with van der Waals surface area (Å²) in [4.78, 5) is 36.7. The number of rotatable bonds is 2. The van der Waals surface area contributed by atoms with Gasteiger partial charge in [0, 0.05) is 34.5 Å². The van der Waals surface area contributed by atoms with E-state index in [2.05, 4.69) is 31.0 Å². The summed E-state index contributed by atoms with van der Waals surface area (Å²) in [6.07, 6.45) is 3.31. The highest BCUT2D eigenvalue weighted by Crippen LogP contribution is 2.37. The first-order valence-corrected chi connectivity index (χ1v) is 10.2. The van der Waals surface area contributed by atoms with E-state index in [0.717, 1.165) is 21.3 Å². The van der Waals surface area contributed by atoms with Gasteiger partial charge in [0.15, 0.2) is 5.82 Å². The fourth-order valence-electron chi connectivity index (χ4n) is 3.34. The average Bonchev–Trinajstić information content (AvgIpc) is 3.33. The highest BCUT2D eigenvalue weighted by Gasteiger charge is 2.33. The second-order valence-electron chi connectivity index (χ2n) is 6.19. The fraction of sp³-hybridized carbons (Fsp3) is 0.105. The Kier molecular flexibility index (Phi) is 3.88. The summed E-state index contributed by atoms with van der Waals surface area (Å²) in [6, 6.07) is 9.26. The van der Waals surface area contributed by atoms with Crippen molar-refractivity contribution < 1.29 is 4.79 Å².